The minimum Gasteiger partial charge on any atom is -0.377 e. The lowest BCUT2D eigenvalue weighted by molar-refractivity contribution is -0.0980. The molecule has 4 N–H and O–H groups in total. The van der Waals surface area contributed by atoms with Crippen molar-refractivity contribution in [2.24, 2.45) is 0 Å². The number of aryl methyl sites for hydroxylation is 1. The Kier molecular flexibility index (Phi) is 12.1. The molecule has 1 aliphatic heterocycles. The summed E-state index contributed by atoms with van der Waals surface area (Å²) >= 11 is 1.71. The average Bonchev–Trinajstić information content (AvgIpc) is 3.49. The highest BCUT2D eigenvalue weighted by atomic mass is 32.2. The summed E-state index contributed by atoms with van der Waals surface area (Å²) in [5.41, 5.74) is 8.09. The number of nitrogens with one attached hydrogen (secondary N) is 3. The molecule has 0 saturated carbocycles. The quantitative estimate of drug-likeness (QED) is 0.298. The number of nitrogens with zero attached hydrogens (tertiary/aromatic N) is 3. The third-order valence-corrected chi connectivity index (χ3v) is 5.54. The number of carbonyl (C=O) groups is 1. The number of hydrogen-bond donors (Lipinski definition) is 4. The maximum Gasteiger partial charge on any atom is 0.138 e. The molecule has 0 unspecified atom stereocenters. The number of fused-ring (bicyclic) bond motifs is 1. The van der Waals surface area contributed by atoms with E-state index in [9.17, 15) is 9.50 Å². The van der Waals surface area contributed by atoms with Gasteiger partial charge in [-0.15, -0.1) is 11.8 Å². The highest BCUT2D eigenvalue weighted by Gasteiger charge is 2.11. The molecule has 0 radical (unpaired) electrons. The van der Waals surface area contributed by atoms with E-state index in [4.69, 9.17) is 4.79 Å². The molecule has 186 valence electrons. The number of hydrogen-bond acceptors (Lipinski definition) is 8. The van der Waals surface area contributed by atoms with Gasteiger partial charge in [0.05, 0.1) is 17.3 Å². The van der Waals surface area contributed by atoms with E-state index in [-0.39, 0.29) is 13.2 Å². The molecule has 0 bridgehead atoms. The van der Waals surface area contributed by atoms with E-state index >= 15 is 0 Å². The maximum atomic E-state index is 12.5. The first kappa shape index (κ1) is 29.0. The second-order valence-electron chi connectivity index (χ2n) is 7.04. The van der Waals surface area contributed by atoms with Crippen LogP contribution in [0.4, 0.5) is 15.9 Å². The Hall–Kier alpha value is -3.08. The molecular weight excluding hydrogens is 455 g/mol. The Morgan fingerprint density at radius 3 is 2.50 bits per heavy atom. The van der Waals surface area contributed by atoms with Crippen molar-refractivity contribution in [1.29, 1.82) is 0 Å². The smallest absolute Gasteiger partial charge is 0.138 e. The zero-order valence-corrected chi connectivity index (χ0v) is 20.1. The van der Waals surface area contributed by atoms with E-state index < -0.39 is 6.23 Å². The fourth-order valence-electron chi connectivity index (χ4n) is 3.05. The highest BCUT2D eigenvalue weighted by molar-refractivity contribution is 8.02. The number of thioether (sulfide) groups is 1. The Balaban J connectivity index is 0.000000332. The lowest BCUT2D eigenvalue weighted by Gasteiger charge is -2.22. The monoisotopic (exact) mass is 490 g/mol. The topological polar surface area (TPSA) is 93.9 Å². The number of rotatable bonds is 6. The zero-order valence-electron chi connectivity index (χ0n) is 19.3. The molecule has 1 aliphatic rings. The van der Waals surface area contributed by atoms with Gasteiger partial charge in [0, 0.05) is 26.0 Å². The first-order valence-corrected chi connectivity index (χ1v) is 11.4. The molecule has 0 saturated heterocycles. The van der Waals surface area contributed by atoms with Gasteiger partial charge in [0.15, 0.2) is 0 Å². The predicted octanol–water partition coefficient (Wildman–Crippen LogP) is 4.40. The van der Waals surface area contributed by atoms with Gasteiger partial charge in [-0.05, 0) is 60.7 Å². The molecular formula is C24H35FN6O2S. The SMILES string of the molecule is C.C=O.CCc1nc2ccc(NN(C)[C@H](C)O)cn2c1NC.Fc1ccc(C2=CSCN2)cc1. The summed E-state index contributed by atoms with van der Waals surface area (Å²) in [6.45, 7) is 5.79. The van der Waals surface area contributed by atoms with E-state index in [1.807, 2.05) is 42.0 Å². The molecule has 1 aromatic carbocycles. The van der Waals surface area contributed by atoms with Crippen molar-refractivity contribution in [2.75, 3.05) is 30.7 Å². The van der Waals surface area contributed by atoms with Gasteiger partial charge in [0.2, 0.25) is 0 Å². The lowest BCUT2D eigenvalue weighted by Crippen LogP contribution is -2.33. The van der Waals surface area contributed by atoms with Crippen molar-refractivity contribution in [3.63, 3.8) is 0 Å². The number of aromatic nitrogens is 2. The zero-order chi connectivity index (χ0) is 24.4. The van der Waals surface area contributed by atoms with Gasteiger partial charge < -0.3 is 26.0 Å². The molecule has 3 heterocycles. The molecule has 0 spiro atoms. The normalized spacial score (nSPS) is 12.9. The number of benzene rings is 1. The van der Waals surface area contributed by atoms with Crippen LogP contribution < -0.4 is 16.1 Å². The van der Waals surface area contributed by atoms with Gasteiger partial charge in [-0.25, -0.2) is 9.37 Å². The third kappa shape index (κ3) is 7.47. The number of aliphatic hydroxyl groups excluding tert-OH is 1. The van der Waals surface area contributed by atoms with Crippen molar-refractivity contribution in [1.82, 2.24) is 19.7 Å². The molecule has 2 aromatic heterocycles. The van der Waals surface area contributed by atoms with Gasteiger partial charge in [-0.2, -0.15) is 5.01 Å². The minimum absolute atomic E-state index is 0. The average molecular weight is 491 g/mol. The summed E-state index contributed by atoms with van der Waals surface area (Å²) in [5, 5.41) is 19.5. The van der Waals surface area contributed by atoms with Crippen molar-refractivity contribution in [2.45, 2.75) is 33.9 Å². The first-order chi connectivity index (χ1) is 15.9. The van der Waals surface area contributed by atoms with Crippen LogP contribution in [-0.4, -0.2) is 52.5 Å². The number of aliphatic hydroxyl groups is 1. The van der Waals surface area contributed by atoms with Gasteiger partial charge in [0.1, 0.15) is 30.3 Å². The summed E-state index contributed by atoms with van der Waals surface area (Å²) in [7, 11) is 3.68. The van der Waals surface area contributed by atoms with Crippen LogP contribution in [0.2, 0.25) is 0 Å². The maximum absolute atomic E-state index is 12.5. The van der Waals surface area contributed by atoms with E-state index in [1.54, 1.807) is 42.9 Å². The molecule has 0 fully saturated rings. The van der Waals surface area contributed by atoms with Crippen molar-refractivity contribution in [3.8, 4) is 0 Å². The Morgan fingerprint density at radius 2 is 1.97 bits per heavy atom. The van der Waals surface area contributed by atoms with Crippen LogP contribution in [0.25, 0.3) is 11.3 Å². The molecule has 34 heavy (non-hydrogen) atoms. The van der Waals surface area contributed by atoms with E-state index in [0.717, 1.165) is 46.4 Å². The fraction of sp³-hybridized carbons (Fsp3) is 0.333. The molecule has 0 amide bonds. The molecule has 1 atom stereocenters. The minimum atomic E-state index is -0.562. The second kappa shape index (κ2) is 14.2. The van der Waals surface area contributed by atoms with Crippen LogP contribution in [0, 0.1) is 5.82 Å². The Labute approximate surface area is 205 Å². The van der Waals surface area contributed by atoms with E-state index in [1.165, 1.54) is 12.1 Å². The van der Waals surface area contributed by atoms with Crippen LogP contribution in [-0.2, 0) is 11.2 Å². The number of imidazole rings is 1. The third-order valence-electron chi connectivity index (χ3n) is 4.83. The van der Waals surface area contributed by atoms with E-state index in [2.05, 4.69) is 28.0 Å². The predicted molar refractivity (Wildman–Crippen MR) is 141 cm³/mol. The van der Waals surface area contributed by atoms with Crippen molar-refractivity contribution in [3.05, 3.63) is 65.1 Å². The fourth-order valence-corrected chi connectivity index (χ4v) is 3.76. The molecule has 0 aliphatic carbocycles. The van der Waals surface area contributed by atoms with Crippen LogP contribution in [0.3, 0.4) is 0 Å². The molecule has 8 nitrogen and oxygen atoms in total. The summed E-state index contributed by atoms with van der Waals surface area (Å²) in [4.78, 5) is 12.6. The van der Waals surface area contributed by atoms with Crippen LogP contribution >= 0.6 is 11.8 Å². The molecule has 4 rings (SSSR count). The highest BCUT2D eigenvalue weighted by Crippen LogP contribution is 2.22. The summed E-state index contributed by atoms with van der Waals surface area (Å²) in [5.74, 6) is 1.72. The summed E-state index contributed by atoms with van der Waals surface area (Å²) in [6, 6.07) is 10.4. The van der Waals surface area contributed by atoms with Gasteiger partial charge >= 0.3 is 0 Å². The summed E-state index contributed by atoms with van der Waals surface area (Å²) < 4.78 is 14.5. The van der Waals surface area contributed by atoms with Crippen molar-refractivity contribution < 1.29 is 14.3 Å². The van der Waals surface area contributed by atoms with Gasteiger partial charge in [-0.3, -0.25) is 4.40 Å². The Bertz CT molecular complexity index is 1060. The number of pyridine rings is 1. The standard InChI is InChI=1S/C13H21N5O.C9H8FNS.CH2O.CH4/c1-5-11-13(14-3)18-8-10(6-7-12(18)15-11)16-17(4)9(2)19;10-8-3-1-7(2-4-8)9-5-12-6-11-9;1-2;/h6-9,14,16,19H,5H2,1-4H3;1-5,11H,6H2;1H2;1H4/t9-;;;/m0.../s1. The lowest BCUT2D eigenvalue weighted by atomic mass is 10.2. The van der Waals surface area contributed by atoms with Gasteiger partial charge in [-0.1, -0.05) is 14.4 Å². The first-order valence-electron chi connectivity index (χ1n) is 10.4. The largest absolute Gasteiger partial charge is 0.377 e. The molecule has 10 heteroatoms. The number of carbonyl (C=O) groups excluding carboxylic acids is 1. The van der Waals surface area contributed by atoms with Gasteiger partial charge in [0.25, 0.3) is 0 Å². The van der Waals surface area contributed by atoms with Crippen LogP contribution in [0.5, 0.6) is 0 Å². The van der Waals surface area contributed by atoms with Crippen LogP contribution in [0.15, 0.2) is 48.0 Å². The van der Waals surface area contributed by atoms with Crippen molar-refractivity contribution >= 4 is 41.4 Å². The second-order valence-corrected chi connectivity index (χ2v) is 7.90. The molecule has 3 aromatic rings. The number of hydrazine groups is 1. The number of halogens is 1. The Morgan fingerprint density at radius 1 is 1.29 bits per heavy atom. The van der Waals surface area contributed by atoms with Crippen LogP contribution in [0.1, 0.15) is 32.5 Å². The summed E-state index contributed by atoms with van der Waals surface area (Å²) in [6.07, 6.45) is 2.29. The number of anilines is 2. The van der Waals surface area contributed by atoms with E-state index in [0.29, 0.717) is 0 Å².